The van der Waals surface area contributed by atoms with Gasteiger partial charge in [0.15, 0.2) is 9.84 Å². The lowest BCUT2D eigenvalue weighted by Gasteiger charge is -1.95. The maximum absolute atomic E-state index is 12.9. The summed E-state index contributed by atoms with van der Waals surface area (Å²) in [7, 11) is -3.22. The van der Waals surface area contributed by atoms with Crippen molar-refractivity contribution in [1.82, 2.24) is 10.2 Å². The van der Waals surface area contributed by atoms with E-state index in [1.807, 2.05) is 6.07 Å². The van der Waals surface area contributed by atoms with Crippen molar-refractivity contribution in [3.05, 3.63) is 48.1 Å². The third-order valence-electron chi connectivity index (χ3n) is 2.80. The third-order valence-corrected chi connectivity index (χ3v) is 4.69. The van der Waals surface area contributed by atoms with Gasteiger partial charge in [-0.3, -0.25) is 0 Å². The summed E-state index contributed by atoms with van der Waals surface area (Å²) in [5.41, 5.74) is 0.883. The molecule has 0 fully saturated rings. The van der Waals surface area contributed by atoms with Gasteiger partial charge in [0, 0.05) is 11.1 Å². The third kappa shape index (κ3) is 3.40. The summed E-state index contributed by atoms with van der Waals surface area (Å²) < 4.78 is 40.7. The number of hydrogen-bond acceptors (Lipinski definition) is 6. The van der Waals surface area contributed by atoms with Crippen molar-refractivity contribution in [2.75, 3.05) is 6.26 Å². The molecule has 3 aromatic rings. The molecule has 5 nitrogen and oxygen atoms in total. The topological polar surface area (TPSA) is 73.1 Å². The van der Waals surface area contributed by atoms with Crippen LogP contribution in [-0.4, -0.2) is 24.9 Å². The van der Waals surface area contributed by atoms with Crippen LogP contribution in [0.3, 0.4) is 0 Å². The van der Waals surface area contributed by atoms with Gasteiger partial charge in [0.05, 0.1) is 4.88 Å². The van der Waals surface area contributed by atoms with E-state index < -0.39 is 9.84 Å². The Morgan fingerprint density at radius 2 is 1.77 bits per heavy atom. The Morgan fingerprint density at radius 3 is 2.45 bits per heavy atom. The van der Waals surface area contributed by atoms with Crippen molar-refractivity contribution in [3.63, 3.8) is 0 Å². The minimum Gasteiger partial charge on any atom is -0.419 e. The van der Waals surface area contributed by atoms with E-state index in [0.717, 1.165) is 21.6 Å². The maximum atomic E-state index is 12.9. The molecule has 0 radical (unpaired) electrons. The minimum atomic E-state index is -3.22. The molecular weight excluding hydrogens is 327 g/mol. The second kappa shape index (κ2) is 5.62. The van der Waals surface area contributed by atoms with E-state index in [2.05, 4.69) is 10.2 Å². The van der Waals surface area contributed by atoms with Gasteiger partial charge in [-0.15, -0.1) is 21.5 Å². The molecule has 22 heavy (non-hydrogen) atoms. The molecule has 8 heteroatoms. The van der Waals surface area contributed by atoms with Crippen LogP contribution in [0.4, 0.5) is 4.39 Å². The van der Waals surface area contributed by atoms with Crippen LogP contribution in [0, 0.1) is 5.82 Å². The van der Waals surface area contributed by atoms with Crippen LogP contribution in [0.25, 0.3) is 21.2 Å². The molecule has 0 aliphatic heterocycles. The molecule has 0 aliphatic rings. The van der Waals surface area contributed by atoms with Gasteiger partial charge in [-0.1, -0.05) is 12.1 Å². The Kier molecular flexibility index (Phi) is 3.79. The van der Waals surface area contributed by atoms with Gasteiger partial charge in [-0.05, 0) is 29.8 Å². The molecule has 1 aromatic carbocycles. The Bertz CT molecular complexity index is 898. The summed E-state index contributed by atoms with van der Waals surface area (Å²) in [5, 5.41) is 7.59. The summed E-state index contributed by atoms with van der Waals surface area (Å²) in [6, 6.07) is 9.84. The van der Waals surface area contributed by atoms with E-state index in [-0.39, 0.29) is 23.4 Å². The van der Waals surface area contributed by atoms with Gasteiger partial charge in [-0.25, -0.2) is 12.8 Å². The van der Waals surface area contributed by atoms with Crippen molar-refractivity contribution >= 4 is 21.2 Å². The largest absolute Gasteiger partial charge is 0.419 e. The van der Waals surface area contributed by atoms with E-state index in [1.165, 1.54) is 23.5 Å². The molecular formula is C14H11FN2O3S2. The lowest BCUT2D eigenvalue weighted by molar-refractivity contribution is 0.520. The van der Waals surface area contributed by atoms with Gasteiger partial charge >= 0.3 is 0 Å². The molecule has 0 amide bonds. The van der Waals surface area contributed by atoms with Crippen LogP contribution in [0.2, 0.25) is 0 Å². The number of nitrogens with zero attached hydrogens (tertiary/aromatic N) is 2. The molecule has 0 spiro atoms. The second-order valence-electron chi connectivity index (χ2n) is 4.74. The molecule has 0 unspecified atom stereocenters. The van der Waals surface area contributed by atoms with Gasteiger partial charge in [0.1, 0.15) is 11.6 Å². The number of aromatic nitrogens is 2. The maximum Gasteiger partial charge on any atom is 0.257 e. The predicted octanol–water partition coefficient (Wildman–Crippen LogP) is 3.15. The quantitative estimate of drug-likeness (QED) is 0.730. The van der Waals surface area contributed by atoms with Crippen LogP contribution in [-0.2, 0) is 15.6 Å². The zero-order valence-electron chi connectivity index (χ0n) is 11.5. The highest BCUT2D eigenvalue weighted by Crippen LogP contribution is 2.33. The number of halogens is 1. The van der Waals surface area contributed by atoms with Gasteiger partial charge in [0.25, 0.3) is 5.89 Å². The number of thiophene rings is 1. The summed E-state index contributed by atoms with van der Waals surface area (Å²) in [5.74, 6) is -0.231. The lowest BCUT2D eigenvalue weighted by atomic mass is 10.2. The van der Waals surface area contributed by atoms with Crippen LogP contribution < -0.4 is 0 Å². The van der Waals surface area contributed by atoms with E-state index in [0.29, 0.717) is 0 Å². The molecule has 0 N–H and O–H groups in total. The number of rotatable bonds is 4. The fourth-order valence-corrected chi connectivity index (χ4v) is 3.36. The molecule has 3 rings (SSSR count). The molecule has 0 saturated carbocycles. The standard InChI is InChI=1S/C14H11FN2O3S2/c1-22(18,19)8-13-16-17-14(20-13)12-7-6-11(21-12)9-2-4-10(15)5-3-9/h2-7H,8H2,1H3. The Labute approximate surface area is 130 Å². The van der Waals surface area contributed by atoms with E-state index in [9.17, 15) is 12.8 Å². The fourth-order valence-electron chi connectivity index (χ4n) is 1.86. The number of hydrogen-bond donors (Lipinski definition) is 0. The van der Waals surface area contributed by atoms with Crippen LogP contribution in [0.5, 0.6) is 0 Å². The zero-order chi connectivity index (χ0) is 15.7. The highest BCUT2D eigenvalue weighted by molar-refractivity contribution is 7.89. The number of benzene rings is 1. The average Bonchev–Trinajstić information content (AvgIpc) is 3.06. The average molecular weight is 338 g/mol. The Hall–Kier alpha value is -2.06. The van der Waals surface area contributed by atoms with Crippen LogP contribution in [0.15, 0.2) is 40.8 Å². The van der Waals surface area contributed by atoms with E-state index in [1.54, 1.807) is 18.2 Å². The Balaban J connectivity index is 1.86. The first kappa shape index (κ1) is 14.9. The second-order valence-corrected chi connectivity index (χ2v) is 7.97. The van der Waals surface area contributed by atoms with Crippen molar-refractivity contribution in [1.29, 1.82) is 0 Å². The molecule has 114 valence electrons. The monoisotopic (exact) mass is 338 g/mol. The van der Waals surface area contributed by atoms with Crippen LogP contribution >= 0.6 is 11.3 Å². The van der Waals surface area contributed by atoms with Crippen molar-refractivity contribution in [2.45, 2.75) is 5.75 Å². The highest BCUT2D eigenvalue weighted by Gasteiger charge is 2.15. The summed E-state index contributed by atoms with van der Waals surface area (Å²) in [6.07, 6.45) is 1.11. The first-order valence-corrected chi connectivity index (χ1v) is 9.15. The minimum absolute atomic E-state index is 0.0641. The first-order chi connectivity index (χ1) is 10.4. The summed E-state index contributed by atoms with van der Waals surface area (Å²) in [6.45, 7) is 0. The molecule has 2 heterocycles. The molecule has 0 saturated heterocycles. The predicted molar refractivity (Wildman–Crippen MR) is 81.6 cm³/mol. The van der Waals surface area contributed by atoms with Crippen molar-refractivity contribution in [2.24, 2.45) is 0 Å². The fraction of sp³-hybridized carbons (Fsp3) is 0.143. The molecule has 0 bridgehead atoms. The van der Waals surface area contributed by atoms with Gasteiger partial charge in [0.2, 0.25) is 5.89 Å². The van der Waals surface area contributed by atoms with Crippen LogP contribution in [0.1, 0.15) is 5.89 Å². The molecule has 2 aromatic heterocycles. The van der Waals surface area contributed by atoms with Gasteiger partial charge < -0.3 is 4.42 Å². The smallest absolute Gasteiger partial charge is 0.257 e. The van der Waals surface area contributed by atoms with Crippen molar-refractivity contribution in [3.8, 4) is 21.2 Å². The SMILES string of the molecule is CS(=O)(=O)Cc1nnc(-c2ccc(-c3ccc(F)cc3)s2)o1. The summed E-state index contributed by atoms with van der Waals surface area (Å²) in [4.78, 5) is 1.66. The molecule has 0 atom stereocenters. The normalized spacial score (nSPS) is 11.7. The lowest BCUT2D eigenvalue weighted by Crippen LogP contribution is -2.00. The van der Waals surface area contributed by atoms with E-state index in [4.69, 9.17) is 4.42 Å². The first-order valence-electron chi connectivity index (χ1n) is 6.27. The highest BCUT2D eigenvalue weighted by atomic mass is 32.2. The number of sulfone groups is 1. The Morgan fingerprint density at radius 1 is 1.09 bits per heavy atom. The zero-order valence-corrected chi connectivity index (χ0v) is 13.1. The van der Waals surface area contributed by atoms with Gasteiger partial charge in [-0.2, -0.15) is 0 Å². The summed E-state index contributed by atoms with van der Waals surface area (Å²) >= 11 is 1.41. The molecule has 0 aliphatic carbocycles. The van der Waals surface area contributed by atoms with Crippen molar-refractivity contribution < 1.29 is 17.2 Å². The van der Waals surface area contributed by atoms with E-state index >= 15 is 0 Å².